The molecule has 14 atom stereocenters. The normalized spacial score (nSPS) is 21.4. The number of phenolic OH excluding ortho intramolecular Hbond substituents is 2. The number of thiol groups is 1. The number of hydrogen-bond acceptors (Lipinski definition) is 24. The number of likely N-dealkylation sites (tertiary alicyclic amines) is 1. The van der Waals surface area contributed by atoms with Gasteiger partial charge in [-0.2, -0.15) is 0 Å². The number of nitrogens with one attached hydrogen (secondary N) is 13. The van der Waals surface area contributed by atoms with Gasteiger partial charge in [-0.25, -0.2) is 4.79 Å². The minimum Gasteiger partial charge on any atom is -0.508 e. The van der Waals surface area contributed by atoms with Crippen LogP contribution in [0.2, 0.25) is 0 Å². The van der Waals surface area contributed by atoms with Crippen LogP contribution in [0, 0.1) is 0 Å². The monoisotopic (exact) mass is 1490 g/mol. The first-order valence-corrected chi connectivity index (χ1v) is 36.0. The van der Waals surface area contributed by atoms with Gasteiger partial charge >= 0.3 is 11.9 Å². The molecule has 2 fully saturated rings. The Hall–Kier alpha value is -9.41. The third-order valence-electron chi connectivity index (χ3n) is 15.3. The van der Waals surface area contributed by atoms with Crippen molar-refractivity contribution in [3.8, 4) is 11.5 Å². The lowest BCUT2D eigenvalue weighted by Crippen LogP contribution is -2.61. The first-order valence-electron chi connectivity index (χ1n) is 31.4. The number of aldehydes is 1. The molecule has 14 amide bonds. The summed E-state index contributed by atoms with van der Waals surface area (Å²) < 4.78 is 0. The molecule has 0 radical (unpaired) electrons. The first-order chi connectivity index (χ1) is 47.6. The highest BCUT2D eigenvalue weighted by Crippen LogP contribution is 2.25. The molecule has 0 saturated carbocycles. The van der Waals surface area contributed by atoms with Gasteiger partial charge in [-0.3, -0.25) is 71.9 Å². The Morgan fingerprint density at radius 2 is 1.22 bits per heavy atom. The fraction of sp³-hybridized carbons (Fsp3) is 0.525. The van der Waals surface area contributed by atoms with Crippen molar-refractivity contribution in [3.63, 3.8) is 0 Å². The quantitative estimate of drug-likeness (QED) is 0.0206. The fourth-order valence-electron chi connectivity index (χ4n) is 9.76. The number of carboxylic acids is 2. The van der Waals surface area contributed by atoms with Gasteiger partial charge in [0.15, 0.2) is 0 Å². The highest BCUT2D eigenvalue weighted by Gasteiger charge is 2.41. The van der Waals surface area contributed by atoms with Crippen LogP contribution in [0.5, 0.6) is 11.5 Å². The number of carbonyl (C=O) groups is 17. The van der Waals surface area contributed by atoms with E-state index in [9.17, 15) is 107 Å². The summed E-state index contributed by atoms with van der Waals surface area (Å²) in [5, 5.41) is 80.3. The van der Waals surface area contributed by atoms with E-state index in [1.165, 1.54) is 76.2 Å². The zero-order valence-corrected chi connectivity index (χ0v) is 58.9. The first kappa shape index (κ1) is 84.0. The number of amides is 14. The highest BCUT2D eigenvalue weighted by atomic mass is 33.1. The Labute approximate surface area is 595 Å². The molecule has 36 nitrogen and oxygen atoms in total. The van der Waals surface area contributed by atoms with Crippen molar-refractivity contribution in [2.75, 3.05) is 30.3 Å². The van der Waals surface area contributed by atoms with Crippen LogP contribution in [0.25, 0.3) is 0 Å². The number of benzene rings is 2. The molecule has 2 saturated heterocycles. The van der Waals surface area contributed by atoms with E-state index in [0.29, 0.717) is 17.4 Å². The maximum Gasteiger partial charge on any atom is 0.326 e. The van der Waals surface area contributed by atoms with Gasteiger partial charge in [-0.05, 0) is 89.3 Å². The average Bonchev–Trinajstić information content (AvgIpc) is 1.73. The van der Waals surface area contributed by atoms with Crippen LogP contribution in [0.3, 0.4) is 0 Å². The Morgan fingerprint density at radius 1 is 0.653 bits per heavy atom. The summed E-state index contributed by atoms with van der Waals surface area (Å²) in [7, 11) is 2.62. The fourth-order valence-corrected chi connectivity index (χ4v) is 12.9. The van der Waals surface area contributed by atoms with Crippen molar-refractivity contribution in [2.45, 2.75) is 171 Å². The summed E-state index contributed by atoms with van der Waals surface area (Å²) >= 11 is 4.03. The summed E-state index contributed by atoms with van der Waals surface area (Å²) in [4.78, 5) is 227. The van der Waals surface area contributed by atoms with E-state index >= 15 is 0 Å². The van der Waals surface area contributed by atoms with Crippen molar-refractivity contribution in [1.29, 1.82) is 0 Å². The minimum atomic E-state index is -1.73. The van der Waals surface area contributed by atoms with Crippen molar-refractivity contribution in [2.24, 2.45) is 0 Å². The molecule has 18 N–H and O–H groups in total. The second kappa shape index (κ2) is 41.4. The number of aromatic hydroxyl groups is 2. The third-order valence-corrected chi connectivity index (χ3v) is 18.7. The van der Waals surface area contributed by atoms with Crippen LogP contribution < -0.4 is 69.1 Å². The summed E-state index contributed by atoms with van der Waals surface area (Å²) in [6, 6.07) is -8.50. The van der Waals surface area contributed by atoms with E-state index in [2.05, 4.69) is 80.8 Å². The molecule has 2 aliphatic rings. The van der Waals surface area contributed by atoms with Crippen LogP contribution in [-0.2, 0) is 94.3 Å². The topological polar surface area (TPSA) is 551 Å². The highest BCUT2D eigenvalue weighted by molar-refractivity contribution is 8.76. The van der Waals surface area contributed by atoms with E-state index in [4.69, 9.17) is 0 Å². The number of aliphatic hydroxyl groups excluding tert-OH is 1. The number of rotatable bonds is 29. The number of aliphatic hydroxyl groups is 1. The SMILES string of the molecule is CC(=O)N[C@H]1CSSC[C@@H](C(=O)N[C@@H](CC=O)C(=O)N2CCC[C@H]2C(=O)N[C@@H](C)C(=O)N[C@@H](C)C(=O)N[C@H](C(=O)NCC(=O)N[C@@H](CSS)C(=O)N[C@@H](Cc2ccc(O)cc2)C(=O)O)[C@H](C)O)NC(=O)[C@H](C)NC(=O)[C@H](Cc2ccc(O)cc2)NC(=O)[C@H](CCC(=O)O)NC(=O)[C@H](C)NC1=O. The van der Waals surface area contributed by atoms with E-state index in [1.807, 2.05) is 0 Å². The Morgan fingerprint density at radius 3 is 1.80 bits per heavy atom. The van der Waals surface area contributed by atoms with Gasteiger partial charge in [0.1, 0.15) is 96.3 Å². The maximum atomic E-state index is 14.4. The lowest BCUT2D eigenvalue weighted by molar-refractivity contribution is -0.143. The van der Waals surface area contributed by atoms with Crippen molar-refractivity contribution in [1.82, 2.24) is 74.0 Å². The number of aliphatic carboxylic acids is 2. The van der Waals surface area contributed by atoms with E-state index in [-0.39, 0.29) is 61.0 Å². The molecule has 2 aromatic rings. The van der Waals surface area contributed by atoms with Crippen LogP contribution in [-0.4, -0.2) is 246 Å². The van der Waals surface area contributed by atoms with Gasteiger partial charge in [0.2, 0.25) is 82.7 Å². The number of carboxylic acid groups (broad SMARTS) is 2. The van der Waals surface area contributed by atoms with E-state index < -0.39 is 205 Å². The number of carbonyl (C=O) groups excluding carboxylic acids is 15. The molecular weight excluding hydrogens is 1410 g/mol. The maximum absolute atomic E-state index is 14.4. The van der Waals surface area contributed by atoms with E-state index in [0.717, 1.165) is 51.1 Å². The molecule has 0 aromatic heterocycles. The minimum absolute atomic E-state index is 0.0162. The summed E-state index contributed by atoms with van der Waals surface area (Å²) in [5.41, 5.74) is 0.833. The van der Waals surface area contributed by atoms with Crippen molar-refractivity contribution < 1.29 is 107 Å². The summed E-state index contributed by atoms with van der Waals surface area (Å²) in [6.45, 7) is 6.23. The molecular formula is C61H84N14O22S4. The van der Waals surface area contributed by atoms with Gasteiger partial charge in [0.25, 0.3) is 0 Å². The predicted molar refractivity (Wildman–Crippen MR) is 366 cm³/mol. The Bertz CT molecular complexity index is 3360. The van der Waals surface area contributed by atoms with Crippen molar-refractivity contribution in [3.05, 3.63) is 59.7 Å². The summed E-state index contributed by atoms with van der Waals surface area (Å²) in [5.74, 6) is -17.1. The zero-order chi connectivity index (χ0) is 75.4. The molecule has 0 spiro atoms. The number of hydrogen-bond donors (Lipinski definition) is 19. The number of phenols is 2. The Kier molecular flexibility index (Phi) is 34.4. The lowest BCUT2D eigenvalue weighted by Gasteiger charge is -2.30. The van der Waals surface area contributed by atoms with Gasteiger partial charge in [-0.15, -0.1) is 11.7 Å². The number of nitrogens with zero attached hydrogens (tertiary/aromatic N) is 1. The molecule has 2 aliphatic heterocycles. The largest absolute Gasteiger partial charge is 0.508 e. The van der Waals surface area contributed by atoms with Crippen LogP contribution in [0.4, 0.5) is 0 Å². The molecule has 40 heteroatoms. The second-order valence-electron chi connectivity index (χ2n) is 23.5. The lowest BCUT2D eigenvalue weighted by atomic mass is 10.0. The molecule has 2 aromatic carbocycles. The third kappa shape index (κ3) is 27.9. The van der Waals surface area contributed by atoms with Crippen LogP contribution in [0.15, 0.2) is 48.5 Å². The molecule has 101 heavy (non-hydrogen) atoms. The molecule has 4 rings (SSSR count). The standard InChI is InChI=1S/C61H84N14O22S4/c1-28(49(84)63-31(4)52(87)74-48(32(5)77)59(94)62-24-46(81)68-42(25-99-98)56(91)72-41(61(96)97)23-35-11-15-37(80)16-12-35)66-58(93)45-8-7-20-75(45)60(95)39(19-21-76)70-57(92)44-27-101-100-26-43(67-33(6)78)55(90)65-29(2)50(85)69-38(17-18-47(82)83)53(88)71-40(22-34-9-13-36(79)14-10-34)54(89)64-30(3)51(86)73-44/h9-16,21,28-32,38-45,48,77,79-80,98H,7-8,17-20,22-27H2,1-6H3,(H,62,94)(H,63,84)(H,64,89)(H,65,90)(H,66,93)(H,67,78)(H,68,81)(H,69,85)(H,70,92)(H,71,88)(H,72,91)(H,73,86)(H,74,87)(H,82,83)(H,96,97)/t28-,29-,30-,31-,32-,38-,39-,40-,41-,42-,43-,44-,45-,48-/m0/s1. The zero-order valence-electron chi connectivity index (χ0n) is 55.6. The van der Waals surface area contributed by atoms with Crippen LogP contribution >= 0.6 is 44.0 Å². The summed E-state index contributed by atoms with van der Waals surface area (Å²) in [6.07, 6.45) is -3.37. The van der Waals surface area contributed by atoms with E-state index in [1.54, 1.807) is 0 Å². The average molecular weight is 1490 g/mol. The molecule has 0 bridgehead atoms. The second-order valence-corrected chi connectivity index (χ2v) is 27.4. The van der Waals surface area contributed by atoms with Gasteiger partial charge in [-0.1, -0.05) is 56.6 Å². The van der Waals surface area contributed by atoms with Gasteiger partial charge in [0, 0.05) is 56.4 Å². The molecule has 0 aliphatic carbocycles. The smallest absolute Gasteiger partial charge is 0.326 e. The van der Waals surface area contributed by atoms with Gasteiger partial charge < -0.3 is 104 Å². The molecule has 2 heterocycles. The predicted octanol–water partition coefficient (Wildman–Crippen LogP) is -5.20. The molecule has 0 unspecified atom stereocenters. The van der Waals surface area contributed by atoms with Crippen LogP contribution in [0.1, 0.15) is 84.8 Å². The van der Waals surface area contributed by atoms with Crippen molar-refractivity contribution >= 4 is 145 Å². The van der Waals surface area contributed by atoms with Gasteiger partial charge in [0.05, 0.1) is 12.6 Å². The Balaban J connectivity index is 1.45. The molecule has 554 valence electrons.